The van der Waals surface area contributed by atoms with E-state index in [-0.39, 0.29) is 0 Å². The number of unbranched alkanes of at least 4 members (excludes halogenated alkanes) is 1. The Bertz CT molecular complexity index is 246. The number of anilines is 1. The van der Waals surface area contributed by atoms with Gasteiger partial charge in [-0.05, 0) is 18.6 Å². The van der Waals surface area contributed by atoms with Gasteiger partial charge in [-0.25, -0.2) is 0 Å². The van der Waals surface area contributed by atoms with Crippen molar-refractivity contribution < 1.29 is 0 Å². The van der Waals surface area contributed by atoms with Crippen LogP contribution in [0.3, 0.4) is 0 Å². The molecule has 1 aromatic carbocycles. The molecule has 1 radical (unpaired) electrons. The van der Waals surface area contributed by atoms with E-state index in [2.05, 4.69) is 24.5 Å². The molecule has 0 amide bonds. The van der Waals surface area contributed by atoms with Gasteiger partial charge in [-0.3, -0.25) is 0 Å². The first-order valence-corrected chi connectivity index (χ1v) is 4.99. The predicted octanol–water partition coefficient (Wildman–Crippen LogP) is 3.13. The molecule has 0 aliphatic heterocycles. The Morgan fingerprint density at radius 2 is 2.00 bits per heavy atom. The lowest BCUT2D eigenvalue weighted by Crippen LogP contribution is -2.20. The van der Waals surface area contributed by atoms with Crippen molar-refractivity contribution in [2.24, 2.45) is 0 Å². The maximum atomic E-state index is 4.84. The molecule has 13 heavy (non-hydrogen) atoms. The van der Waals surface area contributed by atoms with Gasteiger partial charge < -0.3 is 4.90 Å². The lowest BCUT2D eigenvalue weighted by molar-refractivity contribution is 0.801. The molecule has 69 valence electrons. The van der Waals surface area contributed by atoms with Gasteiger partial charge in [0, 0.05) is 12.2 Å². The highest BCUT2D eigenvalue weighted by atomic mass is 32.1. The zero-order valence-corrected chi connectivity index (χ0v) is 8.68. The van der Waals surface area contributed by atoms with Crippen LogP contribution in [0.15, 0.2) is 30.3 Å². The number of thiocarbonyl (C=S) groups is 1. The molecule has 1 nitrogen and oxygen atoms in total. The van der Waals surface area contributed by atoms with E-state index in [1.165, 1.54) is 6.42 Å². The summed E-state index contributed by atoms with van der Waals surface area (Å²) in [6.45, 7) is 3.14. The molecule has 0 unspecified atom stereocenters. The van der Waals surface area contributed by atoms with Crippen molar-refractivity contribution in [3.05, 3.63) is 30.3 Å². The van der Waals surface area contributed by atoms with Crippen LogP contribution in [-0.4, -0.2) is 12.0 Å². The molecule has 0 saturated heterocycles. The van der Waals surface area contributed by atoms with Gasteiger partial charge in [-0.15, -0.1) is 0 Å². The molecular weight excluding hydrogens is 178 g/mol. The minimum absolute atomic E-state index is 0.962. The van der Waals surface area contributed by atoms with E-state index >= 15 is 0 Å². The van der Waals surface area contributed by atoms with Crippen molar-refractivity contribution in [2.45, 2.75) is 19.8 Å². The minimum Gasteiger partial charge on any atom is -0.330 e. The van der Waals surface area contributed by atoms with Crippen molar-refractivity contribution in [1.29, 1.82) is 0 Å². The molecule has 0 bridgehead atoms. The Hall–Kier alpha value is -0.890. The van der Waals surface area contributed by atoms with Gasteiger partial charge in [0.15, 0.2) is 0 Å². The number of rotatable bonds is 5. The third kappa shape index (κ3) is 3.15. The van der Waals surface area contributed by atoms with Crippen LogP contribution >= 0.6 is 12.2 Å². The van der Waals surface area contributed by atoms with Crippen LogP contribution in [0.4, 0.5) is 5.69 Å². The maximum Gasteiger partial charge on any atom is 0.141 e. The summed E-state index contributed by atoms with van der Waals surface area (Å²) in [4.78, 5) is 1.98. The Morgan fingerprint density at radius 1 is 1.31 bits per heavy atom. The van der Waals surface area contributed by atoms with Crippen LogP contribution in [0.2, 0.25) is 0 Å². The maximum absolute atomic E-state index is 4.84. The molecular formula is C11H14NS. The summed E-state index contributed by atoms with van der Waals surface area (Å²) in [6, 6.07) is 10.1. The van der Waals surface area contributed by atoms with Crippen LogP contribution in [0, 0.1) is 0 Å². The number of hydrogen-bond acceptors (Lipinski definition) is 1. The summed E-state index contributed by atoms with van der Waals surface area (Å²) >= 11 is 4.84. The highest BCUT2D eigenvalue weighted by Gasteiger charge is 2.00. The average Bonchev–Trinajstić information content (AvgIpc) is 2.21. The van der Waals surface area contributed by atoms with Crippen molar-refractivity contribution in [2.75, 3.05) is 11.4 Å². The number of para-hydroxylation sites is 1. The molecule has 1 aromatic rings. The zero-order chi connectivity index (χ0) is 9.52. The average molecular weight is 192 g/mol. The van der Waals surface area contributed by atoms with Gasteiger partial charge in [0.05, 0.1) is 0 Å². The van der Waals surface area contributed by atoms with E-state index in [9.17, 15) is 0 Å². The summed E-state index contributed by atoms with van der Waals surface area (Å²) in [5.41, 5.74) is 3.90. The summed E-state index contributed by atoms with van der Waals surface area (Å²) < 4.78 is 0. The van der Waals surface area contributed by atoms with Gasteiger partial charge in [-0.1, -0.05) is 43.8 Å². The molecule has 0 N–H and O–H groups in total. The fourth-order valence-corrected chi connectivity index (χ4v) is 1.35. The number of nitrogens with zero attached hydrogens (tertiary/aromatic N) is 1. The second-order valence-corrected chi connectivity index (χ2v) is 3.11. The summed E-state index contributed by atoms with van der Waals surface area (Å²) in [7, 11) is 0. The lowest BCUT2D eigenvalue weighted by Gasteiger charge is -2.17. The molecule has 0 heterocycles. The lowest BCUT2D eigenvalue weighted by atomic mass is 10.2. The van der Waals surface area contributed by atoms with Crippen LogP contribution in [0.25, 0.3) is 0 Å². The van der Waals surface area contributed by atoms with Gasteiger partial charge in [0.2, 0.25) is 0 Å². The zero-order valence-electron chi connectivity index (χ0n) is 7.86. The molecule has 0 spiro atoms. The quantitative estimate of drug-likeness (QED) is 0.521. The van der Waals surface area contributed by atoms with Crippen molar-refractivity contribution in [3.63, 3.8) is 0 Å². The third-order valence-corrected chi connectivity index (χ3v) is 2.13. The van der Waals surface area contributed by atoms with E-state index in [4.69, 9.17) is 12.2 Å². The van der Waals surface area contributed by atoms with Crippen LogP contribution < -0.4 is 4.90 Å². The second-order valence-electron chi connectivity index (χ2n) is 2.93. The predicted molar refractivity (Wildman–Crippen MR) is 61.3 cm³/mol. The van der Waals surface area contributed by atoms with Crippen LogP contribution in [0.5, 0.6) is 0 Å². The monoisotopic (exact) mass is 192 g/mol. The molecule has 0 atom stereocenters. The van der Waals surface area contributed by atoms with E-state index in [1.807, 2.05) is 23.1 Å². The summed E-state index contributed by atoms with van der Waals surface area (Å²) in [5, 5.41) is 0. The molecule has 0 aliphatic rings. The van der Waals surface area contributed by atoms with Gasteiger partial charge in [-0.2, -0.15) is 0 Å². The standard InChI is InChI=1S/C11H14NS/c1-2-3-9-12(10-13)11-7-5-4-6-8-11/h4-8H,2-3,9H2,1H3. The van der Waals surface area contributed by atoms with Crippen LogP contribution in [-0.2, 0) is 0 Å². The Labute approximate surface area is 85.4 Å². The molecule has 0 aromatic heterocycles. The molecule has 2 heteroatoms. The highest BCUT2D eigenvalue weighted by Crippen LogP contribution is 2.11. The Morgan fingerprint density at radius 3 is 2.54 bits per heavy atom. The Kier molecular flexibility index (Phi) is 4.47. The van der Waals surface area contributed by atoms with Crippen LogP contribution in [0.1, 0.15) is 19.8 Å². The van der Waals surface area contributed by atoms with Crippen molar-refractivity contribution >= 4 is 23.4 Å². The molecule has 1 rings (SSSR count). The molecule has 0 fully saturated rings. The SMILES string of the molecule is CCCCN([C]=S)c1ccccc1. The fraction of sp³-hybridized carbons (Fsp3) is 0.364. The number of benzene rings is 1. The van der Waals surface area contributed by atoms with E-state index in [1.54, 1.807) is 0 Å². The number of hydrogen-bond donors (Lipinski definition) is 0. The van der Waals surface area contributed by atoms with Crippen molar-refractivity contribution in [3.8, 4) is 0 Å². The molecule has 0 aliphatic carbocycles. The first-order valence-electron chi connectivity index (χ1n) is 4.59. The van der Waals surface area contributed by atoms with Crippen molar-refractivity contribution in [1.82, 2.24) is 0 Å². The second kappa shape index (κ2) is 5.70. The summed E-state index contributed by atoms with van der Waals surface area (Å²) in [6.07, 6.45) is 2.33. The third-order valence-electron chi connectivity index (χ3n) is 1.91. The largest absolute Gasteiger partial charge is 0.330 e. The van der Waals surface area contributed by atoms with Gasteiger partial charge in [0.25, 0.3) is 0 Å². The normalized spacial score (nSPS) is 9.62. The summed E-state index contributed by atoms with van der Waals surface area (Å²) in [5.74, 6) is 0. The highest BCUT2D eigenvalue weighted by molar-refractivity contribution is 7.79. The topological polar surface area (TPSA) is 3.24 Å². The smallest absolute Gasteiger partial charge is 0.141 e. The minimum atomic E-state index is 0.962. The van der Waals surface area contributed by atoms with E-state index < -0.39 is 0 Å². The molecule has 0 saturated carbocycles. The first-order chi connectivity index (χ1) is 6.38. The fourth-order valence-electron chi connectivity index (χ4n) is 1.15. The van der Waals surface area contributed by atoms with E-state index in [0.29, 0.717) is 0 Å². The Balaban J connectivity index is 2.61. The van der Waals surface area contributed by atoms with Gasteiger partial charge >= 0.3 is 0 Å². The van der Waals surface area contributed by atoms with Gasteiger partial charge in [0.1, 0.15) is 5.49 Å². The van der Waals surface area contributed by atoms with E-state index in [0.717, 1.165) is 18.7 Å². The first kappa shape index (κ1) is 10.2.